The minimum absolute atomic E-state index is 0. The summed E-state index contributed by atoms with van der Waals surface area (Å²) in [4.78, 5) is 16.0. The number of halogens is 1. The van der Waals surface area contributed by atoms with Crippen LogP contribution in [0.3, 0.4) is 0 Å². The first kappa shape index (κ1) is 21.5. The summed E-state index contributed by atoms with van der Waals surface area (Å²) in [6.07, 6.45) is 8.10. The molecular formula is C16H33IN4O. The molecule has 0 heterocycles. The highest BCUT2D eigenvalue weighted by atomic mass is 127. The van der Waals surface area contributed by atoms with Gasteiger partial charge >= 0.3 is 0 Å². The van der Waals surface area contributed by atoms with Crippen LogP contribution in [0.4, 0.5) is 0 Å². The van der Waals surface area contributed by atoms with Crippen LogP contribution in [-0.4, -0.2) is 38.0 Å². The molecule has 0 saturated heterocycles. The summed E-state index contributed by atoms with van der Waals surface area (Å²) >= 11 is 0. The van der Waals surface area contributed by atoms with Crippen LogP contribution in [0.1, 0.15) is 58.8 Å². The van der Waals surface area contributed by atoms with Crippen molar-refractivity contribution in [1.82, 2.24) is 16.0 Å². The van der Waals surface area contributed by atoms with E-state index in [2.05, 4.69) is 34.8 Å². The third-order valence-electron chi connectivity index (χ3n) is 4.16. The fraction of sp³-hybridized carbons (Fsp3) is 0.875. The van der Waals surface area contributed by atoms with Crippen molar-refractivity contribution >= 4 is 35.8 Å². The Labute approximate surface area is 152 Å². The first-order valence-electron chi connectivity index (χ1n) is 8.39. The zero-order chi connectivity index (χ0) is 15.5. The molecule has 0 aromatic rings. The van der Waals surface area contributed by atoms with Crippen LogP contribution in [0.15, 0.2) is 4.99 Å². The lowest BCUT2D eigenvalue weighted by Gasteiger charge is -2.21. The number of carbonyl (C=O) groups is 1. The van der Waals surface area contributed by atoms with Crippen LogP contribution in [-0.2, 0) is 4.79 Å². The fourth-order valence-corrected chi connectivity index (χ4v) is 2.64. The fourth-order valence-electron chi connectivity index (χ4n) is 2.64. The van der Waals surface area contributed by atoms with E-state index >= 15 is 0 Å². The molecule has 1 amide bonds. The molecular weight excluding hydrogens is 391 g/mol. The van der Waals surface area contributed by atoms with Crippen LogP contribution in [0, 0.1) is 5.92 Å². The number of aliphatic imine (C=N–C) groups is 1. The lowest BCUT2D eigenvalue weighted by Crippen LogP contribution is -2.44. The van der Waals surface area contributed by atoms with Gasteiger partial charge in [0.2, 0.25) is 5.91 Å². The second-order valence-electron chi connectivity index (χ2n) is 6.01. The summed E-state index contributed by atoms with van der Waals surface area (Å²) in [7, 11) is 1.76. The van der Waals surface area contributed by atoms with E-state index in [1.165, 1.54) is 32.1 Å². The number of amides is 1. The molecule has 1 saturated carbocycles. The van der Waals surface area contributed by atoms with Crippen molar-refractivity contribution in [3.05, 3.63) is 0 Å². The van der Waals surface area contributed by atoms with Crippen molar-refractivity contribution in [2.45, 2.75) is 64.8 Å². The second kappa shape index (κ2) is 13.0. The Morgan fingerprint density at radius 3 is 2.41 bits per heavy atom. The van der Waals surface area contributed by atoms with Crippen LogP contribution in [0.5, 0.6) is 0 Å². The molecule has 0 bridgehead atoms. The lowest BCUT2D eigenvalue weighted by atomic mass is 9.87. The SMILES string of the molecule is CCC(C)NC(=NC)NCCNC(=O)CC1CCCCC1.I. The van der Waals surface area contributed by atoms with E-state index in [1.54, 1.807) is 7.05 Å². The van der Waals surface area contributed by atoms with Gasteiger partial charge in [-0.1, -0.05) is 26.2 Å². The summed E-state index contributed by atoms with van der Waals surface area (Å²) < 4.78 is 0. The van der Waals surface area contributed by atoms with Gasteiger partial charge in [0.15, 0.2) is 5.96 Å². The normalized spacial score (nSPS) is 17.3. The minimum atomic E-state index is 0. The predicted octanol–water partition coefficient (Wildman–Crippen LogP) is 2.65. The van der Waals surface area contributed by atoms with E-state index in [-0.39, 0.29) is 29.9 Å². The van der Waals surface area contributed by atoms with Gasteiger partial charge < -0.3 is 16.0 Å². The predicted molar refractivity (Wildman–Crippen MR) is 104 cm³/mol. The van der Waals surface area contributed by atoms with Crippen molar-refractivity contribution in [2.75, 3.05) is 20.1 Å². The molecule has 1 rings (SSSR count). The second-order valence-corrected chi connectivity index (χ2v) is 6.01. The van der Waals surface area contributed by atoms with Crippen molar-refractivity contribution in [2.24, 2.45) is 10.9 Å². The number of nitrogens with zero attached hydrogens (tertiary/aromatic N) is 1. The van der Waals surface area contributed by atoms with E-state index in [9.17, 15) is 4.79 Å². The maximum absolute atomic E-state index is 11.9. The maximum Gasteiger partial charge on any atom is 0.220 e. The first-order valence-corrected chi connectivity index (χ1v) is 8.39. The van der Waals surface area contributed by atoms with Gasteiger partial charge in [0.25, 0.3) is 0 Å². The smallest absolute Gasteiger partial charge is 0.220 e. The summed E-state index contributed by atoms with van der Waals surface area (Å²) in [6, 6.07) is 0.400. The number of carbonyl (C=O) groups excluding carboxylic acids is 1. The Kier molecular flexibility index (Phi) is 12.6. The summed E-state index contributed by atoms with van der Waals surface area (Å²) in [6.45, 7) is 5.61. The van der Waals surface area contributed by atoms with Gasteiger partial charge in [0.1, 0.15) is 0 Å². The highest BCUT2D eigenvalue weighted by Gasteiger charge is 2.16. The van der Waals surface area contributed by atoms with Gasteiger partial charge in [-0.15, -0.1) is 24.0 Å². The molecule has 6 heteroatoms. The van der Waals surface area contributed by atoms with Gasteiger partial charge in [-0.2, -0.15) is 0 Å². The molecule has 1 aliphatic carbocycles. The molecule has 130 valence electrons. The van der Waals surface area contributed by atoms with Crippen LogP contribution >= 0.6 is 24.0 Å². The molecule has 1 atom stereocenters. The molecule has 1 unspecified atom stereocenters. The average molecular weight is 424 g/mol. The van der Waals surface area contributed by atoms with Gasteiger partial charge in [-0.25, -0.2) is 0 Å². The Hall–Kier alpha value is -0.530. The van der Waals surface area contributed by atoms with Crippen LogP contribution in [0.2, 0.25) is 0 Å². The molecule has 0 aliphatic heterocycles. The topological polar surface area (TPSA) is 65.5 Å². The van der Waals surface area contributed by atoms with Crippen molar-refractivity contribution < 1.29 is 4.79 Å². The average Bonchev–Trinajstić information content (AvgIpc) is 2.51. The van der Waals surface area contributed by atoms with Gasteiger partial charge in [-0.05, 0) is 32.1 Å². The molecule has 0 aromatic carbocycles. The molecule has 22 heavy (non-hydrogen) atoms. The third-order valence-corrected chi connectivity index (χ3v) is 4.16. The molecule has 0 spiro atoms. The highest BCUT2D eigenvalue weighted by Crippen LogP contribution is 2.25. The van der Waals surface area contributed by atoms with Gasteiger partial charge in [0.05, 0.1) is 0 Å². The molecule has 3 N–H and O–H groups in total. The van der Waals surface area contributed by atoms with E-state index < -0.39 is 0 Å². The molecule has 0 radical (unpaired) electrons. The van der Waals surface area contributed by atoms with Crippen molar-refractivity contribution in [1.29, 1.82) is 0 Å². The Morgan fingerprint density at radius 1 is 1.18 bits per heavy atom. The minimum Gasteiger partial charge on any atom is -0.355 e. The quantitative estimate of drug-likeness (QED) is 0.255. The van der Waals surface area contributed by atoms with Gasteiger partial charge in [0, 0.05) is 32.6 Å². The van der Waals surface area contributed by atoms with E-state index in [0.717, 1.165) is 12.4 Å². The largest absolute Gasteiger partial charge is 0.355 e. The lowest BCUT2D eigenvalue weighted by molar-refractivity contribution is -0.122. The summed E-state index contributed by atoms with van der Waals surface area (Å²) in [5, 5.41) is 9.51. The van der Waals surface area contributed by atoms with Crippen molar-refractivity contribution in [3.63, 3.8) is 0 Å². The Bertz CT molecular complexity index is 330. The van der Waals surface area contributed by atoms with Crippen LogP contribution in [0.25, 0.3) is 0 Å². The van der Waals surface area contributed by atoms with Gasteiger partial charge in [-0.3, -0.25) is 9.79 Å². The Morgan fingerprint density at radius 2 is 1.82 bits per heavy atom. The maximum atomic E-state index is 11.9. The number of rotatable bonds is 7. The zero-order valence-electron chi connectivity index (χ0n) is 14.3. The standard InChI is InChI=1S/C16H32N4O.HI/c1-4-13(2)20-16(17-3)19-11-10-18-15(21)12-14-8-6-5-7-9-14;/h13-14H,4-12H2,1-3H3,(H,18,21)(H2,17,19,20);1H. The highest BCUT2D eigenvalue weighted by molar-refractivity contribution is 14.0. The molecule has 1 aliphatic rings. The number of guanidine groups is 1. The number of hydrogen-bond donors (Lipinski definition) is 3. The zero-order valence-corrected chi connectivity index (χ0v) is 16.6. The summed E-state index contributed by atoms with van der Waals surface area (Å²) in [5.74, 6) is 1.59. The van der Waals surface area contributed by atoms with E-state index in [4.69, 9.17) is 0 Å². The monoisotopic (exact) mass is 424 g/mol. The van der Waals surface area contributed by atoms with Crippen molar-refractivity contribution in [3.8, 4) is 0 Å². The molecule has 5 nitrogen and oxygen atoms in total. The summed E-state index contributed by atoms with van der Waals surface area (Å²) in [5.41, 5.74) is 0. The third kappa shape index (κ3) is 9.48. The van der Waals surface area contributed by atoms with E-state index in [1.807, 2.05) is 0 Å². The number of hydrogen-bond acceptors (Lipinski definition) is 2. The first-order chi connectivity index (χ1) is 10.2. The Balaban J connectivity index is 0.00000441. The molecule has 0 aromatic heterocycles. The van der Waals surface area contributed by atoms with E-state index in [0.29, 0.717) is 31.5 Å². The van der Waals surface area contributed by atoms with Crippen LogP contribution < -0.4 is 16.0 Å². The number of nitrogens with one attached hydrogen (secondary N) is 3. The molecule has 1 fully saturated rings.